The molecule has 0 aromatic rings. The van der Waals surface area contributed by atoms with Crippen LogP contribution in [0, 0.1) is 0 Å². The molecule has 100 valence electrons. The van der Waals surface area contributed by atoms with Gasteiger partial charge < -0.3 is 5.32 Å². The molecule has 0 amide bonds. The van der Waals surface area contributed by atoms with E-state index in [9.17, 15) is 4.57 Å². The molecule has 4 nitrogen and oxygen atoms in total. The third kappa shape index (κ3) is 11.7. The molecule has 0 spiro atoms. The highest BCUT2D eigenvalue weighted by molar-refractivity contribution is 7.32. The maximum Gasteiger partial charge on any atom is 0.746 e. The minimum Gasteiger partial charge on any atom is -0.386 e. The van der Waals surface area contributed by atoms with Crippen molar-refractivity contribution < 1.29 is 14.0 Å². The molecule has 1 atom stereocenters. The lowest BCUT2D eigenvalue weighted by molar-refractivity contribution is 0.370. The van der Waals surface area contributed by atoms with Gasteiger partial charge in [0.15, 0.2) is 6.26 Å². The zero-order valence-electron chi connectivity index (χ0n) is 10.9. The minimum atomic E-state index is -2.51. The van der Waals surface area contributed by atoms with Gasteiger partial charge in [0.2, 0.25) is 0 Å². The van der Waals surface area contributed by atoms with Crippen LogP contribution in [0.5, 0.6) is 0 Å². The molecule has 17 heavy (non-hydrogen) atoms. The summed E-state index contributed by atoms with van der Waals surface area (Å²) >= 11 is 0. The number of nitrogens with one attached hydrogen (secondary N) is 1. The molecule has 0 saturated heterocycles. The van der Waals surface area contributed by atoms with E-state index in [0.717, 1.165) is 0 Å². The summed E-state index contributed by atoms with van der Waals surface area (Å²) in [6.07, 6.45) is 11.7. The molecule has 2 N–H and O–H groups in total. The number of unbranched alkanes of at least 4 members (excludes halogenated alkanes) is 1. The Kier molecular flexibility index (Phi) is 11.5. The second kappa shape index (κ2) is 11.9. The molecule has 0 radical (unpaired) electrons. The smallest absolute Gasteiger partial charge is 0.386 e. The monoisotopic (exact) mass is 262 g/mol. The fourth-order valence-electron chi connectivity index (χ4n) is 1.53. The topological polar surface area (TPSA) is 58.6 Å². The fourth-order valence-corrected chi connectivity index (χ4v) is 1.69. The van der Waals surface area contributed by atoms with Crippen LogP contribution in [0.25, 0.3) is 0 Å². The van der Waals surface area contributed by atoms with Crippen molar-refractivity contribution >= 4 is 8.25 Å². The van der Waals surface area contributed by atoms with Gasteiger partial charge in [-0.05, 0) is 12.8 Å². The Morgan fingerprint density at radius 2 is 1.88 bits per heavy atom. The summed E-state index contributed by atoms with van der Waals surface area (Å²) in [5.41, 5.74) is 0. The predicted octanol–water partition coefficient (Wildman–Crippen LogP) is 3.85. The Morgan fingerprint density at radius 3 is 2.35 bits per heavy atom. The summed E-state index contributed by atoms with van der Waals surface area (Å²) in [7, 11) is -2.51. The predicted molar refractivity (Wildman–Crippen MR) is 70.6 cm³/mol. The third-order valence-corrected chi connectivity index (χ3v) is 2.96. The molecule has 1 aliphatic carbocycles. The van der Waals surface area contributed by atoms with E-state index in [4.69, 9.17) is 4.89 Å². The number of hydrogen-bond donors (Lipinski definition) is 2. The Hall–Kier alpha value is -0.600. The van der Waals surface area contributed by atoms with Crippen LogP contribution in [0.2, 0.25) is 0 Å². The van der Waals surface area contributed by atoms with Crippen LogP contribution in [0.1, 0.15) is 58.8 Å². The maximum atomic E-state index is 10.1. The van der Waals surface area contributed by atoms with Gasteiger partial charge >= 0.3 is 8.25 Å². The molecule has 1 unspecified atom stereocenters. The SMILES string of the molecule is CCCC.O=[P+](O)O/C=C/NC1CCCCC1. The second-order valence-corrected chi connectivity index (χ2v) is 4.83. The summed E-state index contributed by atoms with van der Waals surface area (Å²) in [5.74, 6) is 0. The summed E-state index contributed by atoms with van der Waals surface area (Å²) in [5, 5.41) is 3.13. The first-order valence-electron chi connectivity index (χ1n) is 6.44. The van der Waals surface area contributed by atoms with Crippen LogP contribution in [0.4, 0.5) is 0 Å². The van der Waals surface area contributed by atoms with Gasteiger partial charge in [0.05, 0.1) is 0 Å². The molecule has 1 rings (SSSR count). The summed E-state index contributed by atoms with van der Waals surface area (Å²) < 4.78 is 14.5. The number of rotatable bonds is 5. The van der Waals surface area contributed by atoms with Crippen molar-refractivity contribution in [1.82, 2.24) is 5.32 Å². The van der Waals surface area contributed by atoms with Gasteiger partial charge in [-0.25, -0.2) is 4.52 Å². The lowest BCUT2D eigenvalue weighted by atomic mass is 9.96. The molecule has 0 bridgehead atoms. The highest BCUT2D eigenvalue weighted by Crippen LogP contribution is 2.17. The zero-order valence-corrected chi connectivity index (χ0v) is 11.8. The molecule has 0 aromatic heterocycles. The fraction of sp³-hybridized carbons (Fsp3) is 0.833. The average Bonchev–Trinajstić information content (AvgIpc) is 2.36. The van der Waals surface area contributed by atoms with Crippen molar-refractivity contribution in [3.05, 3.63) is 12.5 Å². The van der Waals surface area contributed by atoms with Crippen molar-refractivity contribution in [2.75, 3.05) is 0 Å². The van der Waals surface area contributed by atoms with Crippen LogP contribution >= 0.6 is 8.25 Å². The van der Waals surface area contributed by atoms with Crippen molar-refractivity contribution in [3.63, 3.8) is 0 Å². The Balaban J connectivity index is 0.000000557. The molecular formula is C12H25NO3P+. The van der Waals surface area contributed by atoms with E-state index in [1.165, 1.54) is 51.2 Å². The molecule has 1 saturated carbocycles. The lowest BCUT2D eigenvalue weighted by Crippen LogP contribution is -2.26. The highest BCUT2D eigenvalue weighted by Gasteiger charge is 2.11. The van der Waals surface area contributed by atoms with Crippen molar-refractivity contribution in [1.29, 1.82) is 0 Å². The van der Waals surface area contributed by atoms with Crippen LogP contribution in [0.15, 0.2) is 12.5 Å². The standard InChI is InChI=1S/C8H14NO3P.C4H10/c10-13(11)12-7-6-9-8-4-2-1-3-5-8;1-3-4-2/h6-9H,1-5H2;3-4H2,1-2H3/p+1/b7-6+;. The first-order chi connectivity index (χ1) is 8.20. The Labute approximate surface area is 105 Å². The van der Waals surface area contributed by atoms with Crippen molar-refractivity contribution in [3.8, 4) is 0 Å². The van der Waals surface area contributed by atoms with Crippen LogP contribution < -0.4 is 5.32 Å². The van der Waals surface area contributed by atoms with E-state index >= 15 is 0 Å². The third-order valence-electron chi connectivity index (χ3n) is 2.66. The minimum absolute atomic E-state index is 0.505. The van der Waals surface area contributed by atoms with Crippen LogP contribution in [-0.4, -0.2) is 10.9 Å². The molecule has 1 fully saturated rings. The summed E-state index contributed by atoms with van der Waals surface area (Å²) in [6, 6.07) is 0.505. The van der Waals surface area contributed by atoms with E-state index in [0.29, 0.717) is 6.04 Å². The van der Waals surface area contributed by atoms with Gasteiger partial charge in [0.1, 0.15) is 0 Å². The van der Waals surface area contributed by atoms with E-state index in [1.807, 2.05) is 0 Å². The van der Waals surface area contributed by atoms with Gasteiger partial charge in [-0.2, -0.15) is 0 Å². The van der Waals surface area contributed by atoms with E-state index in [2.05, 4.69) is 23.7 Å². The number of hydrogen-bond acceptors (Lipinski definition) is 3. The van der Waals surface area contributed by atoms with Crippen molar-refractivity contribution in [2.45, 2.75) is 64.8 Å². The first-order valence-corrected chi connectivity index (χ1v) is 7.57. The molecule has 0 heterocycles. The quantitative estimate of drug-likeness (QED) is 0.583. The summed E-state index contributed by atoms with van der Waals surface area (Å²) in [6.45, 7) is 4.36. The van der Waals surface area contributed by atoms with Crippen molar-refractivity contribution in [2.24, 2.45) is 0 Å². The van der Waals surface area contributed by atoms with Gasteiger partial charge in [-0.15, -0.1) is 4.89 Å². The zero-order chi connectivity index (χ0) is 12.9. The highest BCUT2D eigenvalue weighted by atomic mass is 31.1. The lowest BCUT2D eigenvalue weighted by Gasteiger charge is -2.21. The summed E-state index contributed by atoms with van der Waals surface area (Å²) in [4.78, 5) is 8.30. The normalized spacial score (nSPS) is 17.2. The molecule has 0 aromatic carbocycles. The Morgan fingerprint density at radius 1 is 1.29 bits per heavy atom. The van der Waals surface area contributed by atoms with Crippen LogP contribution in [-0.2, 0) is 9.09 Å². The van der Waals surface area contributed by atoms with E-state index in [1.54, 1.807) is 6.20 Å². The van der Waals surface area contributed by atoms with E-state index in [-0.39, 0.29) is 0 Å². The molecule has 5 heteroatoms. The van der Waals surface area contributed by atoms with Gasteiger partial charge in [0, 0.05) is 16.8 Å². The molecular weight excluding hydrogens is 237 g/mol. The molecule has 1 aliphatic rings. The molecule has 0 aliphatic heterocycles. The van der Waals surface area contributed by atoms with Gasteiger partial charge in [-0.3, -0.25) is 0 Å². The van der Waals surface area contributed by atoms with Gasteiger partial charge in [-0.1, -0.05) is 46.0 Å². The Bertz CT molecular complexity index is 214. The second-order valence-electron chi connectivity index (χ2n) is 4.15. The largest absolute Gasteiger partial charge is 0.746 e. The maximum absolute atomic E-state index is 10.1. The van der Waals surface area contributed by atoms with E-state index < -0.39 is 8.25 Å². The average molecular weight is 262 g/mol. The first kappa shape index (κ1) is 16.4. The van der Waals surface area contributed by atoms with Gasteiger partial charge in [0.25, 0.3) is 0 Å². The van der Waals surface area contributed by atoms with Crippen LogP contribution in [0.3, 0.4) is 0 Å².